The third-order valence-electron chi connectivity index (χ3n) is 5.09. The van der Waals surface area contributed by atoms with Crippen LogP contribution < -0.4 is 5.32 Å². The number of likely N-dealkylation sites (tertiary alicyclic amines) is 1. The van der Waals surface area contributed by atoms with Crippen molar-refractivity contribution in [2.45, 2.75) is 50.4 Å². The fraction of sp³-hybridized carbons (Fsp3) is 0.750. The number of rotatable bonds is 4. The molecule has 9 heteroatoms. The summed E-state index contributed by atoms with van der Waals surface area (Å²) >= 11 is 0. The molecule has 1 aromatic rings. The van der Waals surface area contributed by atoms with E-state index in [2.05, 4.69) is 15.6 Å². The number of piperidine rings is 1. The van der Waals surface area contributed by atoms with Crippen LogP contribution in [0.1, 0.15) is 42.6 Å². The lowest BCUT2D eigenvalue weighted by Gasteiger charge is -2.35. The van der Waals surface area contributed by atoms with Gasteiger partial charge in [0.25, 0.3) is 5.91 Å². The van der Waals surface area contributed by atoms with Crippen molar-refractivity contribution >= 4 is 11.8 Å². The van der Waals surface area contributed by atoms with Gasteiger partial charge in [-0.25, -0.2) is 4.39 Å². The highest BCUT2D eigenvalue weighted by molar-refractivity contribution is 5.92. The zero-order chi connectivity index (χ0) is 18.0. The molecule has 1 saturated carbocycles. The summed E-state index contributed by atoms with van der Waals surface area (Å²) in [5.41, 5.74) is 0.175. The van der Waals surface area contributed by atoms with Crippen molar-refractivity contribution in [2.24, 2.45) is 13.0 Å². The van der Waals surface area contributed by atoms with Gasteiger partial charge < -0.3 is 15.3 Å². The van der Waals surface area contributed by atoms with Crippen molar-refractivity contribution in [1.29, 1.82) is 0 Å². The molecule has 3 atom stereocenters. The SMILES string of the molecule is Cn1cc(C(=O)N2CCC(NC(=O)[C@@H](O)C3CCCC3)C(F)C2)nn1. The van der Waals surface area contributed by atoms with Crippen LogP contribution in [0.5, 0.6) is 0 Å². The minimum absolute atomic E-state index is 0.0311. The van der Waals surface area contributed by atoms with E-state index in [0.29, 0.717) is 13.0 Å². The predicted molar refractivity (Wildman–Crippen MR) is 86.3 cm³/mol. The van der Waals surface area contributed by atoms with E-state index in [1.165, 1.54) is 15.8 Å². The summed E-state index contributed by atoms with van der Waals surface area (Å²) in [7, 11) is 1.65. The van der Waals surface area contributed by atoms with Gasteiger partial charge in [-0.05, 0) is 25.2 Å². The maximum Gasteiger partial charge on any atom is 0.276 e. The lowest BCUT2D eigenvalue weighted by atomic mass is 9.98. The quantitative estimate of drug-likeness (QED) is 0.796. The molecule has 25 heavy (non-hydrogen) atoms. The van der Waals surface area contributed by atoms with Gasteiger partial charge in [0.15, 0.2) is 5.69 Å². The fourth-order valence-electron chi connectivity index (χ4n) is 3.61. The summed E-state index contributed by atoms with van der Waals surface area (Å²) in [5, 5.41) is 20.2. The number of aromatic nitrogens is 3. The van der Waals surface area contributed by atoms with Crippen LogP contribution in [-0.4, -0.2) is 68.2 Å². The van der Waals surface area contributed by atoms with Gasteiger partial charge in [0.05, 0.1) is 18.8 Å². The monoisotopic (exact) mass is 353 g/mol. The second kappa shape index (κ2) is 7.47. The van der Waals surface area contributed by atoms with Gasteiger partial charge in [-0.2, -0.15) is 0 Å². The standard InChI is InChI=1S/C16H24FN5O3/c1-21-9-13(19-20-21)16(25)22-7-6-12(11(17)8-22)18-15(24)14(23)10-4-2-3-5-10/h9-12,14,23H,2-8H2,1H3,(H,18,24)/t11?,12?,14-/m0/s1. The Bertz CT molecular complexity index is 631. The average molecular weight is 353 g/mol. The summed E-state index contributed by atoms with van der Waals surface area (Å²) in [5.74, 6) is -0.906. The van der Waals surface area contributed by atoms with Crippen LogP contribution >= 0.6 is 0 Å². The van der Waals surface area contributed by atoms with Crippen molar-refractivity contribution in [2.75, 3.05) is 13.1 Å². The van der Waals surface area contributed by atoms with E-state index < -0.39 is 24.2 Å². The molecule has 0 aromatic carbocycles. The molecule has 1 aromatic heterocycles. The van der Waals surface area contributed by atoms with Gasteiger partial charge >= 0.3 is 0 Å². The number of nitrogens with zero attached hydrogens (tertiary/aromatic N) is 4. The van der Waals surface area contributed by atoms with Crippen LogP contribution in [0.15, 0.2) is 6.20 Å². The number of aliphatic hydroxyl groups is 1. The largest absolute Gasteiger partial charge is 0.383 e. The Morgan fingerprint density at radius 3 is 2.68 bits per heavy atom. The second-order valence-electron chi connectivity index (χ2n) is 6.94. The van der Waals surface area contributed by atoms with Gasteiger partial charge in [0, 0.05) is 13.6 Å². The molecule has 138 valence electrons. The first-order valence-electron chi connectivity index (χ1n) is 8.74. The molecule has 0 spiro atoms. The van der Waals surface area contributed by atoms with Crippen molar-refractivity contribution in [1.82, 2.24) is 25.2 Å². The van der Waals surface area contributed by atoms with Gasteiger partial charge in [-0.15, -0.1) is 5.10 Å². The van der Waals surface area contributed by atoms with E-state index in [1.807, 2.05) is 0 Å². The number of aryl methyl sites for hydroxylation is 1. The zero-order valence-electron chi connectivity index (χ0n) is 14.3. The molecule has 8 nitrogen and oxygen atoms in total. The summed E-state index contributed by atoms with van der Waals surface area (Å²) in [6.07, 6.45) is 3.03. The van der Waals surface area contributed by atoms with Crippen LogP contribution in [-0.2, 0) is 11.8 Å². The molecule has 2 amide bonds. The van der Waals surface area contributed by atoms with Crippen LogP contribution in [0, 0.1) is 5.92 Å². The van der Waals surface area contributed by atoms with E-state index in [0.717, 1.165) is 25.7 Å². The second-order valence-corrected chi connectivity index (χ2v) is 6.94. The van der Waals surface area contributed by atoms with Crippen molar-refractivity contribution in [3.05, 3.63) is 11.9 Å². The predicted octanol–water partition coefficient (Wildman–Crippen LogP) is 0.0350. The number of hydrogen-bond acceptors (Lipinski definition) is 5. The summed E-state index contributed by atoms with van der Waals surface area (Å²) in [6.45, 7) is 0.209. The molecule has 3 rings (SSSR count). The third kappa shape index (κ3) is 3.97. The number of amides is 2. The first-order chi connectivity index (χ1) is 12.0. The summed E-state index contributed by atoms with van der Waals surface area (Å²) in [4.78, 5) is 25.8. The Balaban J connectivity index is 1.53. The van der Waals surface area contributed by atoms with Crippen molar-refractivity contribution < 1.29 is 19.1 Å². The highest BCUT2D eigenvalue weighted by Crippen LogP contribution is 2.28. The molecule has 1 aliphatic heterocycles. The van der Waals surface area contributed by atoms with Gasteiger partial charge in [0.2, 0.25) is 5.91 Å². The average Bonchev–Trinajstić information content (AvgIpc) is 3.26. The number of carbonyl (C=O) groups is 2. The number of halogens is 1. The molecule has 0 bridgehead atoms. The number of alkyl halides is 1. The highest BCUT2D eigenvalue weighted by Gasteiger charge is 2.36. The molecule has 2 N–H and O–H groups in total. The van der Waals surface area contributed by atoms with Crippen LogP contribution in [0.3, 0.4) is 0 Å². The maximum absolute atomic E-state index is 14.4. The lowest BCUT2D eigenvalue weighted by Crippen LogP contribution is -2.55. The highest BCUT2D eigenvalue weighted by atomic mass is 19.1. The van der Waals surface area contributed by atoms with E-state index in [-0.39, 0.29) is 24.1 Å². The van der Waals surface area contributed by atoms with E-state index >= 15 is 0 Å². The normalized spacial score (nSPS) is 25.8. The Kier molecular flexibility index (Phi) is 5.31. The fourth-order valence-corrected chi connectivity index (χ4v) is 3.61. The number of carbonyl (C=O) groups excluding carboxylic acids is 2. The number of nitrogens with one attached hydrogen (secondary N) is 1. The first-order valence-corrected chi connectivity index (χ1v) is 8.74. The first kappa shape index (κ1) is 17.8. The third-order valence-corrected chi connectivity index (χ3v) is 5.09. The van der Waals surface area contributed by atoms with E-state index in [4.69, 9.17) is 0 Å². The summed E-state index contributed by atoms with van der Waals surface area (Å²) in [6, 6.07) is -0.686. The summed E-state index contributed by atoms with van der Waals surface area (Å²) < 4.78 is 15.9. The Labute approximate surface area is 145 Å². The van der Waals surface area contributed by atoms with Crippen molar-refractivity contribution in [3.63, 3.8) is 0 Å². The smallest absolute Gasteiger partial charge is 0.276 e. The molecule has 2 fully saturated rings. The van der Waals surface area contributed by atoms with Crippen LogP contribution in [0.25, 0.3) is 0 Å². The Morgan fingerprint density at radius 1 is 1.36 bits per heavy atom. The molecule has 1 aliphatic carbocycles. The minimum Gasteiger partial charge on any atom is -0.383 e. The minimum atomic E-state index is -1.38. The molecular formula is C16H24FN5O3. The zero-order valence-corrected chi connectivity index (χ0v) is 14.3. The lowest BCUT2D eigenvalue weighted by molar-refractivity contribution is -0.133. The van der Waals surface area contributed by atoms with Gasteiger partial charge in [-0.3, -0.25) is 14.3 Å². The van der Waals surface area contributed by atoms with Crippen LogP contribution in [0.4, 0.5) is 4.39 Å². The number of hydrogen-bond donors (Lipinski definition) is 2. The van der Waals surface area contributed by atoms with Crippen LogP contribution in [0.2, 0.25) is 0 Å². The molecule has 1 saturated heterocycles. The van der Waals surface area contributed by atoms with Gasteiger partial charge in [0.1, 0.15) is 12.3 Å². The topological polar surface area (TPSA) is 100 Å². The Hall–Kier alpha value is -2.03. The van der Waals surface area contributed by atoms with Crippen molar-refractivity contribution in [3.8, 4) is 0 Å². The van der Waals surface area contributed by atoms with E-state index in [9.17, 15) is 19.1 Å². The maximum atomic E-state index is 14.4. The Morgan fingerprint density at radius 2 is 2.08 bits per heavy atom. The van der Waals surface area contributed by atoms with Gasteiger partial charge in [-0.1, -0.05) is 18.1 Å². The molecular weight excluding hydrogens is 329 g/mol. The molecule has 2 aliphatic rings. The van der Waals surface area contributed by atoms with E-state index in [1.54, 1.807) is 7.05 Å². The molecule has 0 radical (unpaired) electrons. The molecule has 2 unspecified atom stereocenters. The molecule has 2 heterocycles. The number of aliphatic hydroxyl groups excluding tert-OH is 1.